The lowest BCUT2D eigenvalue weighted by Crippen LogP contribution is -2.24. The molecule has 0 bridgehead atoms. The molecule has 3 N–H and O–H groups in total. The molecule has 0 amide bonds. The minimum absolute atomic E-state index is 0.622. The monoisotopic (exact) mass is 279 g/mol. The van der Waals surface area contributed by atoms with Gasteiger partial charge < -0.3 is 11.1 Å². The maximum Gasteiger partial charge on any atom is 0.158 e. The van der Waals surface area contributed by atoms with Crippen LogP contribution in [-0.2, 0) is 4.79 Å². The van der Waals surface area contributed by atoms with E-state index in [1.807, 2.05) is 55.6 Å². The Bertz CT molecular complexity index is 663. The van der Waals surface area contributed by atoms with E-state index in [0.29, 0.717) is 12.0 Å². The SMILES string of the molecule is CNC1=CC=C=CC=C1/C(=N\C(N)C=O)c1ccccc1. The largest absolute Gasteiger partial charge is 0.388 e. The summed E-state index contributed by atoms with van der Waals surface area (Å²) >= 11 is 0. The number of allylic oxidation sites excluding steroid dienone is 4. The highest BCUT2D eigenvalue weighted by molar-refractivity contribution is 6.15. The first-order valence-electron chi connectivity index (χ1n) is 6.62. The Morgan fingerprint density at radius 3 is 2.67 bits per heavy atom. The Kier molecular flexibility index (Phi) is 5.04. The molecule has 1 aliphatic carbocycles. The zero-order valence-electron chi connectivity index (χ0n) is 11.8. The number of aldehydes is 1. The van der Waals surface area contributed by atoms with Crippen molar-refractivity contribution in [2.45, 2.75) is 6.17 Å². The van der Waals surface area contributed by atoms with E-state index in [9.17, 15) is 4.79 Å². The van der Waals surface area contributed by atoms with Crippen molar-refractivity contribution in [2.24, 2.45) is 10.7 Å². The maximum absolute atomic E-state index is 10.9. The van der Waals surface area contributed by atoms with Crippen LogP contribution in [0.1, 0.15) is 5.56 Å². The molecule has 106 valence electrons. The first kappa shape index (κ1) is 14.7. The predicted molar refractivity (Wildman–Crippen MR) is 84.9 cm³/mol. The normalized spacial score (nSPS) is 15.8. The van der Waals surface area contributed by atoms with Gasteiger partial charge in [0.2, 0.25) is 0 Å². The second-order valence-corrected chi connectivity index (χ2v) is 4.38. The smallest absolute Gasteiger partial charge is 0.158 e. The summed E-state index contributed by atoms with van der Waals surface area (Å²) in [5, 5.41) is 3.13. The van der Waals surface area contributed by atoms with Gasteiger partial charge >= 0.3 is 0 Å². The molecule has 1 aliphatic rings. The predicted octanol–water partition coefficient (Wildman–Crippen LogP) is 1.71. The molecular formula is C17H17N3O. The summed E-state index contributed by atoms with van der Waals surface area (Å²) in [4.78, 5) is 15.2. The van der Waals surface area contributed by atoms with Gasteiger partial charge in [-0.15, -0.1) is 5.73 Å². The molecule has 1 aromatic rings. The molecule has 0 aliphatic heterocycles. The van der Waals surface area contributed by atoms with Crippen LogP contribution in [0.3, 0.4) is 0 Å². The van der Waals surface area contributed by atoms with Crippen LogP contribution >= 0.6 is 0 Å². The average Bonchev–Trinajstić information content (AvgIpc) is 2.78. The molecule has 1 unspecified atom stereocenters. The van der Waals surface area contributed by atoms with E-state index in [1.54, 1.807) is 6.08 Å². The van der Waals surface area contributed by atoms with E-state index in [2.05, 4.69) is 16.0 Å². The topological polar surface area (TPSA) is 67.5 Å². The van der Waals surface area contributed by atoms with Gasteiger partial charge in [-0.2, -0.15) is 0 Å². The Hall–Kier alpha value is -2.68. The molecule has 2 rings (SSSR count). The summed E-state index contributed by atoms with van der Waals surface area (Å²) in [6.07, 6.45) is 7.16. The lowest BCUT2D eigenvalue weighted by molar-refractivity contribution is -0.108. The Labute approximate surface area is 124 Å². The third kappa shape index (κ3) is 3.66. The second-order valence-electron chi connectivity index (χ2n) is 4.38. The summed E-state index contributed by atoms with van der Waals surface area (Å²) < 4.78 is 0. The lowest BCUT2D eigenvalue weighted by Gasteiger charge is -2.15. The van der Waals surface area contributed by atoms with Crippen LogP contribution in [-0.4, -0.2) is 25.2 Å². The minimum atomic E-state index is -0.889. The Balaban J connectivity index is 2.55. The van der Waals surface area contributed by atoms with Crippen molar-refractivity contribution >= 4 is 12.0 Å². The van der Waals surface area contributed by atoms with Crippen LogP contribution in [0.2, 0.25) is 0 Å². The molecule has 4 heteroatoms. The zero-order valence-corrected chi connectivity index (χ0v) is 11.8. The first-order chi connectivity index (χ1) is 10.3. The van der Waals surface area contributed by atoms with Crippen molar-refractivity contribution in [3.05, 3.63) is 77.2 Å². The van der Waals surface area contributed by atoms with Crippen LogP contribution in [0.4, 0.5) is 0 Å². The number of carbonyl (C=O) groups is 1. The number of nitrogens with zero attached hydrogens (tertiary/aromatic N) is 1. The van der Waals surface area contributed by atoms with Crippen molar-refractivity contribution in [1.29, 1.82) is 0 Å². The van der Waals surface area contributed by atoms with Crippen molar-refractivity contribution in [2.75, 3.05) is 7.05 Å². The molecule has 1 atom stereocenters. The maximum atomic E-state index is 10.9. The number of hydrogen-bond donors (Lipinski definition) is 2. The van der Waals surface area contributed by atoms with Crippen molar-refractivity contribution in [3.8, 4) is 0 Å². The number of nitrogens with one attached hydrogen (secondary N) is 1. The number of carbonyl (C=O) groups excluding carboxylic acids is 1. The molecule has 21 heavy (non-hydrogen) atoms. The number of nitrogens with two attached hydrogens (primary N) is 1. The summed E-state index contributed by atoms with van der Waals surface area (Å²) in [5.41, 5.74) is 12.0. The van der Waals surface area contributed by atoms with Gasteiger partial charge in [-0.1, -0.05) is 30.3 Å². The molecule has 0 saturated carbocycles. The van der Waals surface area contributed by atoms with Gasteiger partial charge in [-0.25, -0.2) is 0 Å². The summed E-state index contributed by atoms with van der Waals surface area (Å²) in [6, 6.07) is 9.65. The Morgan fingerprint density at radius 2 is 2.00 bits per heavy atom. The number of likely N-dealkylation sites (N-methyl/N-ethyl adjacent to an activating group) is 1. The standard InChI is InChI=1S/C17H17N3O/c1-19-15-11-7-3-6-10-14(15)17(20-16(18)12-21)13-8-4-2-5-9-13/h2,4-12,16,19H,18H2,1H3/b20-17-. The van der Waals surface area contributed by atoms with E-state index >= 15 is 0 Å². The van der Waals surface area contributed by atoms with Crippen molar-refractivity contribution in [3.63, 3.8) is 0 Å². The van der Waals surface area contributed by atoms with Gasteiger partial charge in [0.25, 0.3) is 0 Å². The summed E-state index contributed by atoms with van der Waals surface area (Å²) in [5.74, 6) is 0. The van der Waals surface area contributed by atoms with Gasteiger partial charge in [0.1, 0.15) is 0 Å². The van der Waals surface area contributed by atoms with Crippen molar-refractivity contribution < 1.29 is 4.79 Å². The quantitative estimate of drug-likeness (QED) is 0.490. The third-order valence-corrected chi connectivity index (χ3v) is 2.97. The fourth-order valence-corrected chi connectivity index (χ4v) is 2.00. The summed E-state index contributed by atoms with van der Waals surface area (Å²) in [6.45, 7) is 0. The van der Waals surface area contributed by atoms with E-state index in [0.717, 1.165) is 16.8 Å². The number of aliphatic imine (C=N–C) groups is 1. The minimum Gasteiger partial charge on any atom is -0.388 e. The first-order valence-corrected chi connectivity index (χ1v) is 6.62. The highest BCUT2D eigenvalue weighted by Gasteiger charge is 2.15. The number of benzene rings is 1. The van der Waals surface area contributed by atoms with E-state index < -0.39 is 6.17 Å². The van der Waals surface area contributed by atoms with Gasteiger partial charge in [0, 0.05) is 23.9 Å². The molecule has 1 aromatic carbocycles. The molecule has 0 aromatic heterocycles. The fraction of sp³-hybridized carbons (Fsp3) is 0.118. The molecule has 4 nitrogen and oxygen atoms in total. The molecular weight excluding hydrogens is 262 g/mol. The van der Waals surface area contributed by atoms with Gasteiger partial charge in [0.05, 0.1) is 5.71 Å². The number of rotatable bonds is 5. The molecule has 0 radical (unpaired) electrons. The number of hydrogen-bond acceptors (Lipinski definition) is 4. The molecule has 0 saturated heterocycles. The van der Waals surface area contributed by atoms with Crippen LogP contribution in [0, 0.1) is 0 Å². The van der Waals surface area contributed by atoms with Crippen LogP contribution in [0.5, 0.6) is 0 Å². The van der Waals surface area contributed by atoms with E-state index in [-0.39, 0.29) is 0 Å². The molecule has 0 spiro atoms. The zero-order chi connectivity index (χ0) is 15.1. The summed E-state index contributed by atoms with van der Waals surface area (Å²) in [7, 11) is 1.83. The lowest BCUT2D eigenvalue weighted by atomic mass is 9.99. The van der Waals surface area contributed by atoms with Gasteiger partial charge in [0.15, 0.2) is 12.5 Å². The highest BCUT2D eigenvalue weighted by Crippen LogP contribution is 2.18. The van der Waals surface area contributed by atoms with Crippen molar-refractivity contribution in [1.82, 2.24) is 5.32 Å². The van der Waals surface area contributed by atoms with E-state index in [1.165, 1.54) is 0 Å². The van der Waals surface area contributed by atoms with Gasteiger partial charge in [-0.05, 0) is 24.3 Å². The third-order valence-electron chi connectivity index (χ3n) is 2.97. The fourth-order valence-electron chi connectivity index (χ4n) is 2.00. The highest BCUT2D eigenvalue weighted by atomic mass is 16.1. The van der Waals surface area contributed by atoms with E-state index in [4.69, 9.17) is 5.73 Å². The Morgan fingerprint density at radius 1 is 1.29 bits per heavy atom. The van der Waals surface area contributed by atoms with Crippen LogP contribution in [0.15, 0.2) is 76.6 Å². The second kappa shape index (κ2) is 7.20. The molecule has 0 fully saturated rings. The molecule has 0 heterocycles. The average molecular weight is 279 g/mol. The van der Waals surface area contributed by atoms with Crippen LogP contribution < -0.4 is 11.1 Å². The van der Waals surface area contributed by atoms with Crippen LogP contribution in [0.25, 0.3) is 0 Å². The van der Waals surface area contributed by atoms with Gasteiger partial charge in [-0.3, -0.25) is 9.79 Å².